The Kier molecular flexibility index (Phi) is 7.23. The third kappa shape index (κ3) is 4.27. The van der Waals surface area contributed by atoms with Gasteiger partial charge in [-0.2, -0.15) is 0 Å². The van der Waals surface area contributed by atoms with Crippen LogP contribution in [0.1, 0.15) is 32.3 Å². The molecule has 0 bridgehead atoms. The molecule has 0 N–H and O–H groups in total. The number of carbonyl (C=O) groups excluding carboxylic acids is 2. The normalized spacial score (nSPS) is 19.8. The molecule has 5 nitrogen and oxygen atoms in total. The van der Waals surface area contributed by atoms with E-state index >= 15 is 0 Å². The van der Waals surface area contributed by atoms with Crippen molar-refractivity contribution in [1.82, 2.24) is 0 Å². The zero-order chi connectivity index (χ0) is 19.3. The molecule has 0 saturated heterocycles. The highest BCUT2D eigenvalue weighted by Gasteiger charge is 2.42. The number of halogens is 2. The fourth-order valence-corrected chi connectivity index (χ4v) is 3.49. The van der Waals surface area contributed by atoms with E-state index in [0.717, 1.165) is 0 Å². The second-order valence-electron chi connectivity index (χ2n) is 5.73. The van der Waals surface area contributed by atoms with E-state index in [1.165, 1.54) is 0 Å². The summed E-state index contributed by atoms with van der Waals surface area (Å²) in [7, 11) is 0. The Bertz CT molecular complexity index is 758. The first-order valence-corrected chi connectivity index (χ1v) is 9.29. The molecule has 2 unspecified atom stereocenters. The topological polar surface area (TPSA) is 65.0 Å². The average Bonchev–Trinajstić information content (AvgIpc) is 2.60. The summed E-state index contributed by atoms with van der Waals surface area (Å²) >= 11 is 12.2. The van der Waals surface area contributed by atoms with Crippen LogP contribution in [0.15, 0.2) is 40.5 Å². The van der Waals surface area contributed by atoms with Crippen molar-refractivity contribution < 1.29 is 19.1 Å². The number of allylic oxidation sites excluding steroid dienone is 1. The van der Waals surface area contributed by atoms with Crippen LogP contribution in [0.25, 0.3) is 0 Å². The van der Waals surface area contributed by atoms with Gasteiger partial charge in [0.2, 0.25) is 0 Å². The molecule has 0 aromatic heterocycles. The van der Waals surface area contributed by atoms with Crippen LogP contribution in [0.5, 0.6) is 0 Å². The van der Waals surface area contributed by atoms with E-state index in [2.05, 4.69) is 4.99 Å². The standard InChI is InChI=1S/C19H21Cl2NO4/c1-4-25-18(23)15-11(3)22-14(10-20)17(19(24)26-5-2)16(15)12-7-6-8-13(21)9-12/h6-9,15-16H,4-5,10H2,1-3H3. The molecule has 2 atom stereocenters. The summed E-state index contributed by atoms with van der Waals surface area (Å²) in [5, 5.41) is 0.501. The molecule has 1 aliphatic heterocycles. The van der Waals surface area contributed by atoms with Crippen molar-refractivity contribution in [3.8, 4) is 0 Å². The average molecular weight is 398 g/mol. The van der Waals surface area contributed by atoms with Crippen LogP contribution >= 0.6 is 23.2 Å². The number of alkyl halides is 1. The van der Waals surface area contributed by atoms with Gasteiger partial charge in [-0.25, -0.2) is 4.79 Å². The molecule has 0 spiro atoms. The molecule has 0 saturated carbocycles. The predicted molar refractivity (Wildman–Crippen MR) is 102 cm³/mol. The van der Waals surface area contributed by atoms with Gasteiger partial charge in [-0.15, -0.1) is 11.6 Å². The minimum absolute atomic E-state index is 0.0259. The number of ether oxygens (including phenoxy) is 2. The van der Waals surface area contributed by atoms with Crippen molar-refractivity contribution in [1.29, 1.82) is 0 Å². The molecule has 0 amide bonds. The van der Waals surface area contributed by atoms with E-state index in [-0.39, 0.29) is 24.7 Å². The molecule has 0 aliphatic carbocycles. The SMILES string of the molecule is CCOC(=O)C1=C(CCl)N=C(C)C(C(=O)OCC)C1c1cccc(Cl)c1. The molecular weight excluding hydrogens is 377 g/mol. The molecule has 0 radical (unpaired) electrons. The predicted octanol–water partition coefficient (Wildman–Crippen LogP) is 4.13. The van der Waals surface area contributed by atoms with E-state index in [1.807, 2.05) is 6.07 Å². The van der Waals surface area contributed by atoms with E-state index in [4.69, 9.17) is 32.7 Å². The first kappa shape index (κ1) is 20.5. The van der Waals surface area contributed by atoms with E-state index in [1.54, 1.807) is 39.0 Å². The third-order valence-corrected chi connectivity index (χ3v) is 4.58. The van der Waals surface area contributed by atoms with Crippen LogP contribution in [0, 0.1) is 5.92 Å². The summed E-state index contributed by atoms with van der Waals surface area (Å²) in [6, 6.07) is 7.03. The van der Waals surface area contributed by atoms with Gasteiger partial charge in [-0.1, -0.05) is 23.7 Å². The van der Waals surface area contributed by atoms with Gasteiger partial charge < -0.3 is 9.47 Å². The van der Waals surface area contributed by atoms with Crippen LogP contribution in [0.3, 0.4) is 0 Å². The second-order valence-corrected chi connectivity index (χ2v) is 6.43. The van der Waals surface area contributed by atoms with Crippen molar-refractivity contribution in [2.75, 3.05) is 19.1 Å². The van der Waals surface area contributed by atoms with Gasteiger partial charge in [-0.05, 0) is 38.5 Å². The van der Waals surface area contributed by atoms with Gasteiger partial charge in [0.15, 0.2) is 0 Å². The van der Waals surface area contributed by atoms with Crippen molar-refractivity contribution in [3.05, 3.63) is 46.1 Å². The van der Waals surface area contributed by atoms with E-state index < -0.39 is 23.8 Å². The molecule has 2 rings (SSSR count). The summed E-state index contributed by atoms with van der Waals surface area (Å²) in [6.45, 7) is 5.60. The molecule has 140 valence electrons. The fraction of sp³-hybridized carbons (Fsp3) is 0.421. The Morgan fingerprint density at radius 1 is 1.19 bits per heavy atom. The lowest BCUT2D eigenvalue weighted by Crippen LogP contribution is -2.37. The largest absolute Gasteiger partial charge is 0.465 e. The Labute approximate surface area is 163 Å². The maximum atomic E-state index is 12.7. The lowest BCUT2D eigenvalue weighted by Gasteiger charge is -2.31. The number of aliphatic imine (C=N–C) groups is 1. The van der Waals surface area contributed by atoms with Gasteiger partial charge in [0.05, 0.1) is 30.4 Å². The summed E-state index contributed by atoms with van der Waals surface area (Å²) in [4.78, 5) is 29.7. The van der Waals surface area contributed by atoms with Gasteiger partial charge in [0.25, 0.3) is 0 Å². The highest BCUT2D eigenvalue weighted by atomic mass is 35.5. The van der Waals surface area contributed by atoms with Gasteiger partial charge in [-0.3, -0.25) is 9.79 Å². The number of carbonyl (C=O) groups is 2. The number of esters is 2. The highest BCUT2D eigenvalue weighted by Crippen LogP contribution is 2.41. The lowest BCUT2D eigenvalue weighted by atomic mass is 9.75. The maximum Gasteiger partial charge on any atom is 0.336 e. The molecule has 7 heteroatoms. The summed E-state index contributed by atoms with van der Waals surface area (Å²) in [5.74, 6) is -2.34. The van der Waals surface area contributed by atoms with Crippen LogP contribution in [-0.4, -0.2) is 36.7 Å². The molecule has 0 fully saturated rings. The molecule has 26 heavy (non-hydrogen) atoms. The third-order valence-electron chi connectivity index (χ3n) is 4.09. The zero-order valence-electron chi connectivity index (χ0n) is 14.9. The Morgan fingerprint density at radius 2 is 1.88 bits per heavy atom. The minimum Gasteiger partial charge on any atom is -0.465 e. The van der Waals surface area contributed by atoms with E-state index in [0.29, 0.717) is 22.0 Å². The van der Waals surface area contributed by atoms with Crippen molar-refractivity contribution >= 4 is 40.9 Å². The number of benzene rings is 1. The number of nitrogens with zero attached hydrogens (tertiary/aromatic N) is 1. The van der Waals surface area contributed by atoms with Crippen molar-refractivity contribution in [2.24, 2.45) is 10.9 Å². The molecular formula is C19H21Cl2NO4. The van der Waals surface area contributed by atoms with Crippen LogP contribution in [-0.2, 0) is 19.1 Å². The zero-order valence-corrected chi connectivity index (χ0v) is 16.4. The molecule has 1 aromatic carbocycles. The summed E-state index contributed by atoms with van der Waals surface area (Å²) in [5.41, 5.74) is 1.91. The number of hydrogen-bond acceptors (Lipinski definition) is 5. The number of hydrogen-bond donors (Lipinski definition) is 0. The van der Waals surface area contributed by atoms with Gasteiger partial charge in [0.1, 0.15) is 5.92 Å². The lowest BCUT2D eigenvalue weighted by molar-refractivity contribution is -0.146. The summed E-state index contributed by atoms with van der Waals surface area (Å²) < 4.78 is 10.4. The first-order valence-electron chi connectivity index (χ1n) is 8.37. The number of rotatable bonds is 6. The fourth-order valence-electron chi connectivity index (χ4n) is 3.08. The highest BCUT2D eigenvalue weighted by molar-refractivity contribution is 6.30. The Hall–Kier alpha value is -1.85. The quantitative estimate of drug-likeness (QED) is 0.534. The van der Waals surface area contributed by atoms with Crippen LogP contribution in [0.4, 0.5) is 0 Å². The summed E-state index contributed by atoms with van der Waals surface area (Å²) in [6.07, 6.45) is 0. The van der Waals surface area contributed by atoms with E-state index in [9.17, 15) is 9.59 Å². The molecule has 1 aliphatic rings. The van der Waals surface area contributed by atoms with Crippen molar-refractivity contribution in [3.63, 3.8) is 0 Å². The smallest absolute Gasteiger partial charge is 0.336 e. The molecule has 1 aromatic rings. The molecule has 1 heterocycles. The minimum atomic E-state index is -0.750. The first-order chi connectivity index (χ1) is 12.4. The van der Waals surface area contributed by atoms with Crippen LogP contribution < -0.4 is 0 Å². The van der Waals surface area contributed by atoms with Crippen molar-refractivity contribution in [2.45, 2.75) is 26.7 Å². The second kappa shape index (κ2) is 9.19. The Balaban J connectivity index is 2.67. The monoisotopic (exact) mass is 397 g/mol. The Morgan fingerprint density at radius 3 is 2.46 bits per heavy atom. The maximum absolute atomic E-state index is 12.7. The van der Waals surface area contributed by atoms with Gasteiger partial charge in [0, 0.05) is 16.7 Å². The van der Waals surface area contributed by atoms with Gasteiger partial charge >= 0.3 is 11.9 Å². The van der Waals surface area contributed by atoms with Crippen LogP contribution in [0.2, 0.25) is 5.02 Å².